The van der Waals surface area contributed by atoms with E-state index in [1.807, 2.05) is 49.4 Å². The van der Waals surface area contributed by atoms with Crippen LogP contribution in [0, 0.1) is 6.92 Å². The zero-order valence-corrected chi connectivity index (χ0v) is 19.7. The number of amides is 1. The first-order chi connectivity index (χ1) is 15.9. The maximum atomic E-state index is 12.1. The number of ether oxygens (including phenoxy) is 1. The second kappa shape index (κ2) is 12.3. The van der Waals surface area contributed by atoms with Gasteiger partial charge in [-0.15, -0.1) is 0 Å². The van der Waals surface area contributed by atoms with Crippen LogP contribution in [-0.4, -0.2) is 36.9 Å². The van der Waals surface area contributed by atoms with Crippen LogP contribution in [0.15, 0.2) is 65.8 Å². The molecule has 172 valence electrons. The third-order valence-electron chi connectivity index (χ3n) is 4.87. The standard InChI is InChI=1S/C25H25Cl2N3O3/c1-17-14-22(33-13-12-28-11-10-18-2-6-21(26)7-3-18)8-4-20(17)16-29-30-25(32)19-5-9-24(31)23(27)15-19/h2-9,14-16,28,31H,10-13H2,1H3,(H,30,32)/b29-16-. The first-order valence-corrected chi connectivity index (χ1v) is 11.2. The number of phenolic OH excluding ortho intramolecular Hbond substituents is 1. The molecule has 0 unspecified atom stereocenters. The summed E-state index contributed by atoms with van der Waals surface area (Å²) in [6.45, 7) is 4.10. The molecule has 0 aliphatic carbocycles. The summed E-state index contributed by atoms with van der Waals surface area (Å²) in [6.07, 6.45) is 2.50. The summed E-state index contributed by atoms with van der Waals surface area (Å²) >= 11 is 11.7. The molecule has 0 aliphatic heterocycles. The summed E-state index contributed by atoms with van der Waals surface area (Å²) in [7, 11) is 0. The van der Waals surface area contributed by atoms with Crippen LogP contribution >= 0.6 is 23.2 Å². The molecule has 0 bridgehead atoms. The van der Waals surface area contributed by atoms with Gasteiger partial charge in [0, 0.05) is 17.1 Å². The van der Waals surface area contributed by atoms with Gasteiger partial charge in [0.05, 0.1) is 11.2 Å². The van der Waals surface area contributed by atoms with E-state index in [4.69, 9.17) is 27.9 Å². The van der Waals surface area contributed by atoms with Crippen LogP contribution < -0.4 is 15.5 Å². The number of carbonyl (C=O) groups is 1. The van der Waals surface area contributed by atoms with Gasteiger partial charge in [0.2, 0.25) is 0 Å². The van der Waals surface area contributed by atoms with E-state index in [0.29, 0.717) is 12.2 Å². The van der Waals surface area contributed by atoms with Crippen LogP contribution in [0.3, 0.4) is 0 Å². The maximum Gasteiger partial charge on any atom is 0.271 e. The van der Waals surface area contributed by atoms with Gasteiger partial charge in [-0.05, 0) is 85.1 Å². The molecule has 0 fully saturated rings. The van der Waals surface area contributed by atoms with Crippen LogP contribution in [0.4, 0.5) is 0 Å². The van der Waals surface area contributed by atoms with Crippen LogP contribution in [0.25, 0.3) is 0 Å². The Bertz CT molecular complexity index is 1120. The maximum absolute atomic E-state index is 12.1. The highest BCUT2D eigenvalue weighted by Gasteiger charge is 2.07. The quantitative estimate of drug-likeness (QED) is 0.214. The summed E-state index contributed by atoms with van der Waals surface area (Å²) < 4.78 is 5.80. The van der Waals surface area contributed by atoms with E-state index >= 15 is 0 Å². The van der Waals surface area contributed by atoms with Crippen molar-refractivity contribution in [2.75, 3.05) is 19.7 Å². The topological polar surface area (TPSA) is 83.0 Å². The van der Waals surface area contributed by atoms with Crippen molar-refractivity contribution in [2.45, 2.75) is 13.3 Å². The van der Waals surface area contributed by atoms with E-state index < -0.39 is 5.91 Å². The molecule has 0 aromatic heterocycles. The monoisotopic (exact) mass is 485 g/mol. The molecular formula is C25H25Cl2N3O3. The summed E-state index contributed by atoms with van der Waals surface area (Å²) in [4.78, 5) is 12.1. The smallest absolute Gasteiger partial charge is 0.271 e. The molecule has 33 heavy (non-hydrogen) atoms. The van der Waals surface area contributed by atoms with Gasteiger partial charge in [-0.3, -0.25) is 4.79 Å². The number of carbonyl (C=O) groups excluding carboxylic acids is 1. The first kappa shape index (κ1) is 24.6. The third kappa shape index (κ3) is 7.79. The predicted molar refractivity (Wildman–Crippen MR) is 133 cm³/mol. The molecule has 6 nitrogen and oxygen atoms in total. The number of hydrogen-bond acceptors (Lipinski definition) is 5. The van der Waals surface area contributed by atoms with Crippen molar-refractivity contribution in [2.24, 2.45) is 5.10 Å². The second-order valence-electron chi connectivity index (χ2n) is 7.36. The lowest BCUT2D eigenvalue weighted by Crippen LogP contribution is -2.23. The fraction of sp³-hybridized carbons (Fsp3) is 0.200. The van der Waals surface area contributed by atoms with E-state index in [0.717, 1.165) is 41.4 Å². The lowest BCUT2D eigenvalue weighted by atomic mass is 10.1. The average molecular weight is 486 g/mol. The van der Waals surface area contributed by atoms with Gasteiger partial charge in [-0.1, -0.05) is 35.3 Å². The number of benzene rings is 3. The van der Waals surface area contributed by atoms with Crippen molar-refractivity contribution >= 4 is 35.3 Å². The fourth-order valence-electron chi connectivity index (χ4n) is 3.01. The Labute approximate surface area is 203 Å². The van der Waals surface area contributed by atoms with Crippen LogP contribution in [-0.2, 0) is 6.42 Å². The fourth-order valence-corrected chi connectivity index (χ4v) is 3.31. The van der Waals surface area contributed by atoms with Crippen LogP contribution in [0.1, 0.15) is 27.0 Å². The zero-order valence-electron chi connectivity index (χ0n) is 18.1. The van der Waals surface area contributed by atoms with Gasteiger partial charge in [-0.2, -0.15) is 5.10 Å². The number of phenols is 1. The van der Waals surface area contributed by atoms with Gasteiger partial charge in [0.25, 0.3) is 5.91 Å². The van der Waals surface area contributed by atoms with Crippen molar-refractivity contribution in [3.05, 3.63) is 93.0 Å². The molecule has 0 saturated carbocycles. The van der Waals surface area contributed by atoms with Gasteiger partial charge >= 0.3 is 0 Å². The number of nitrogens with one attached hydrogen (secondary N) is 2. The number of aryl methyl sites for hydroxylation is 1. The predicted octanol–water partition coefficient (Wildman–Crippen LogP) is 4.98. The lowest BCUT2D eigenvalue weighted by molar-refractivity contribution is 0.0955. The SMILES string of the molecule is Cc1cc(OCCNCCc2ccc(Cl)cc2)ccc1/C=N\NC(=O)c1ccc(O)c(Cl)c1. The van der Waals surface area contributed by atoms with Gasteiger partial charge in [-0.25, -0.2) is 5.43 Å². The third-order valence-corrected chi connectivity index (χ3v) is 5.43. The number of hydrogen-bond donors (Lipinski definition) is 3. The molecule has 3 aromatic rings. The number of rotatable bonds is 10. The Morgan fingerprint density at radius 3 is 2.58 bits per heavy atom. The molecule has 1 amide bonds. The van der Waals surface area contributed by atoms with Crippen LogP contribution in [0.5, 0.6) is 11.5 Å². The van der Waals surface area contributed by atoms with Crippen molar-refractivity contribution in [1.29, 1.82) is 0 Å². The molecule has 0 atom stereocenters. The van der Waals surface area contributed by atoms with E-state index in [1.165, 1.54) is 23.8 Å². The van der Waals surface area contributed by atoms with Crippen LogP contribution in [0.2, 0.25) is 10.0 Å². The Balaban J connectivity index is 1.40. The Morgan fingerprint density at radius 2 is 1.85 bits per heavy atom. The highest BCUT2D eigenvalue weighted by molar-refractivity contribution is 6.32. The molecule has 0 saturated heterocycles. The minimum atomic E-state index is -0.422. The molecule has 0 heterocycles. The minimum absolute atomic E-state index is 0.0802. The minimum Gasteiger partial charge on any atom is -0.506 e. The highest BCUT2D eigenvalue weighted by atomic mass is 35.5. The van der Waals surface area contributed by atoms with Crippen molar-refractivity contribution < 1.29 is 14.6 Å². The number of nitrogens with zero attached hydrogens (tertiary/aromatic N) is 1. The largest absolute Gasteiger partial charge is 0.506 e. The average Bonchev–Trinajstić information content (AvgIpc) is 2.80. The van der Waals surface area contributed by atoms with Crippen molar-refractivity contribution in [3.8, 4) is 11.5 Å². The normalized spacial score (nSPS) is 11.0. The Morgan fingerprint density at radius 1 is 1.06 bits per heavy atom. The molecule has 0 radical (unpaired) electrons. The highest BCUT2D eigenvalue weighted by Crippen LogP contribution is 2.23. The Kier molecular flexibility index (Phi) is 9.13. The lowest BCUT2D eigenvalue weighted by Gasteiger charge is -2.09. The number of aromatic hydroxyl groups is 1. The van der Waals surface area contributed by atoms with Crippen molar-refractivity contribution in [1.82, 2.24) is 10.7 Å². The first-order valence-electron chi connectivity index (χ1n) is 10.4. The molecule has 3 rings (SSSR count). The molecule has 8 heteroatoms. The summed E-state index contributed by atoms with van der Waals surface area (Å²) in [6, 6.07) is 17.7. The molecule has 3 aromatic carbocycles. The van der Waals surface area contributed by atoms with Gasteiger partial charge in [0.15, 0.2) is 0 Å². The van der Waals surface area contributed by atoms with E-state index in [9.17, 15) is 9.90 Å². The summed E-state index contributed by atoms with van der Waals surface area (Å²) in [5, 5.41) is 17.6. The van der Waals surface area contributed by atoms with E-state index in [2.05, 4.69) is 15.8 Å². The molecule has 0 spiro atoms. The van der Waals surface area contributed by atoms with Crippen molar-refractivity contribution in [3.63, 3.8) is 0 Å². The number of hydrazone groups is 1. The molecule has 0 aliphatic rings. The van der Waals surface area contributed by atoms with Gasteiger partial charge in [0.1, 0.15) is 18.1 Å². The van der Waals surface area contributed by atoms with Gasteiger partial charge < -0.3 is 15.2 Å². The van der Waals surface area contributed by atoms with E-state index in [1.54, 1.807) is 6.21 Å². The summed E-state index contributed by atoms with van der Waals surface area (Å²) in [5.41, 5.74) is 5.81. The van der Waals surface area contributed by atoms with E-state index in [-0.39, 0.29) is 10.8 Å². The number of halogens is 2. The Hall–Kier alpha value is -3.06. The summed E-state index contributed by atoms with van der Waals surface area (Å²) in [5.74, 6) is 0.268. The molecule has 3 N–H and O–H groups in total. The zero-order chi connectivity index (χ0) is 23.6. The second-order valence-corrected chi connectivity index (χ2v) is 8.20. The molecular weight excluding hydrogens is 461 g/mol.